The average molecular weight is 208 g/mol. The van der Waals surface area contributed by atoms with Gasteiger partial charge in [-0.2, -0.15) is 0 Å². The summed E-state index contributed by atoms with van der Waals surface area (Å²) in [4.78, 5) is 0. The molecule has 0 amide bonds. The van der Waals surface area contributed by atoms with Crippen molar-refractivity contribution in [3.63, 3.8) is 0 Å². The molecule has 0 saturated carbocycles. The third kappa shape index (κ3) is 2.83. The Hall–Kier alpha value is -0.800. The maximum atomic E-state index is 6.04. The maximum absolute atomic E-state index is 6.04. The van der Waals surface area contributed by atoms with Gasteiger partial charge in [0.2, 0.25) is 0 Å². The molecule has 3 heteroatoms. The van der Waals surface area contributed by atoms with Crippen molar-refractivity contribution in [1.29, 1.82) is 0 Å². The Morgan fingerprint density at radius 3 is 2.80 bits per heavy atom. The maximum Gasteiger partial charge on any atom is 0.0815 e. The number of ether oxygens (including phenoxy) is 1. The van der Waals surface area contributed by atoms with E-state index in [4.69, 9.17) is 4.74 Å². The second-order valence-corrected chi connectivity index (χ2v) is 4.34. The normalized spacial score (nSPS) is 20.4. The SMILES string of the molecule is CC(OC1CCNCC1)c1ccn(C)c1. The number of hydrogen-bond acceptors (Lipinski definition) is 2. The average Bonchev–Trinajstić information content (AvgIpc) is 2.66. The summed E-state index contributed by atoms with van der Waals surface area (Å²) < 4.78 is 8.10. The Morgan fingerprint density at radius 2 is 2.20 bits per heavy atom. The predicted octanol–water partition coefficient (Wildman–Crippen LogP) is 1.85. The van der Waals surface area contributed by atoms with E-state index in [2.05, 4.69) is 35.3 Å². The lowest BCUT2D eigenvalue weighted by Crippen LogP contribution is -2.32. The minimum Gasteiger partial charge on any atom is -0.370 e. The monoisotopic (exact) mass is 208 g/mol. The van der Waals surface area contributed by atoms with Crippen LogP contribution in [0, 0.1) is 0 Å². The van der Waals surface area contributed by atoms with Crippen molar-refractivity contribution >= 4 is 0 Å². The third-order valence-corrected chi connectivity index (χ3v) is 3.01. The Bertz CT molecular complexity index is 302. The van der Waals surface area contributed by atoms with Gasteiger partial charge in [-0.25, -0.2) is 0 Å². The number of nitrogens with zero attached hydrogens (tertiary/aromatic N) is 1. The molecule has 15 heavy (non-hydrogen) atoms. The van der Waals surface area contributed by atoms with Crippen molar-refractivity contribution in [1.82, 2.24) is 9.88 Å². The Balaban J connectivity index is 1.88. The van der Waals surface area contributed by atoms with Gasteiger partial charge in [-0.1, -0.05) is 0 Å². The van der Waals surface area contributed by atoms with Crippen molar-refractivity contribution < 1.29 is 4.74 Å². The molecule has 1 N–H and O–H groups in total. The molecule has 1 fully saturated rings. The number of aromatic nitrogens is 1. The van der Waals surface area contributed by atoms with Gasteiger partial charge in [-0.3, -0.25) is 0 Å². The van der Waals surface area contributed by atoms with Crippen molar-refractivity contribution in [2.75, 3.05) is 13.1 Å². The van der Waals surface area contributed by atoms with E-state index in [1.807, 2.05) is 7.05 Å². The highest BCUT2D eigenvalue weighted by atomic mass is 16.5. The Kier molecular flexibility index (Phi) is 3.44. The van der Waals surface area contributed by atoms with Gasteiger partial charge in [-0.15, -0.1) is 0 Å². The van der Waals surface area contributed by atoms with Crippen LogP contribution in [-0.4, -0.2) is 23.8 Å². The summed E-state index contributed by atoms with van der Waals surface area (Å²) in [5.41, 5.74) is 1.27. The number of piperidine rings is 1. The van der Waals surface area contributed by atoms with E-state index in [1.165, 1.54) is 5.56 Å². The quantitative estimate of drug-likeness (QED) is 0.820. The molecule has 3 nitrogen and oxygen atoms in total. The summed E-state index contributed by atoms with van der Waals surface area (Å²) in [6.07, 6.45) is 7.12. The molecule has 1 atom stereocenters. The standard InChI is InChI=1S/C12H20N2O/c1-10(11-5-8-14(2)9-11)15-12-3-6-13-7-4-12/h5,8-10,12-13H,3-4,6-7H2,1-2H3. The molecule has 84 valence electrons. The zero-order valence-electron chi connectivity index (χ0n) is 9.57. The lowest BCUT2D eigenvalue weighted by atomic mass is 10.1. The zero-order valence-corrected chi connectivity index (χ0v) is 9.57. The summed E-state index contributed by atoms with van der Waals surface area (Å²) in [5.74, 6) is 0. The van der Waals surface area contributed by atoms with Gasteiger partial charge in [0.1, 0.15) is 0 Å². The highest BCUT2D eigenvalue weighted by Crippen LogP contribution is 2.21. The molecule has 2 rings (SSSR count). The van der Waals surface area contributed by atoms with E-state index in [0.29, 0.717) is 6.10 Å². The Labute approximate surface area is 91.4 Å². The molecule has 0 aliphatic carbocycles. The third-order valence-electron chi connectivity index (χ3n) is 3.01. The van der Waals surface area contributed by atoms with Gasteiger partial charge >= 0.3 is 0 Å². The van der Waals surface area contributed by atoms with Crippen LogP contribution in [0.3, 0.4) is 0 Å². The zero-order chi connectivity index (χ0) is 10.7. The number of nitrogens with one attached hydrogen (secondary N) is 1. The molecule has 1 saturated heterocycles. The first-order valence-corrected chi connectivity index (χ1v) is 5.74. The van der Waals surface area contributed by atoms with E-state index in [-0.39, 0.29) is 6.10 Å². The van der Waals surface area contributed by atoms with Crippen LogP contribution in [-0.2, 0) is 11.8 Å². The fourth-order valence-corrected chi connectivity index (χ4v) is 2.06. The second kappa shape index (κ2) is 4.81. The molecule has 0 spiro atoms. The molecule has 1 aliphatic rings. The van der Waals surface area contributed by atoms with Crippen LogP contribution in [0.1, 0.15) is 31.4 Å². The van der Waals surface area contributed by atoms with E-state index in [9.17, 15) is 0 Å². The van der Waals surface area contributed by atoms with Crippen LogP contribution < -0.4 is 5.32 Å². The number of aryl methyl sites for hydroxylation is 1. The fourth-order valence-electron chi connectivity index (χ4n) is 2.06. The topological polar surface area (TPSA) is 26.2 Å². The lowest BCUT2D eigenvalue weighted by Gasteiger charge is -2.26. The van der Waals surface area contributed by atoms with E-state index in [1.54, 1.807) is 0 Å². The van der Waals surface area contributed by atoms with E-state index >= 15 is 0 Å². The van der Waals surface area contributed by atoms with Crippen LogP contribution in [0.4, 0.5) is 0 Å². The molecule has 1 unspecified atom stereocenters. The van der Waals surface area contributed by atoms with Crippen LogP contribution in [0.2, 0.25) is 0 Å². The molecule has 1 aliphatic heterocycles. The molecular formula is C12H20N2O. The molecule has 0 radical (unpaired) electrons. The molecule has 0 aromatic carbocycles. The highest BCUT2D eigenvalue weighted by molar-refractivity contribution is 5.12. The second-order valence-electron chi connectivity index (χ2n) is 4.34. The molecule has 2 heterocycles. The first-order chi connectivity index (χ1) is 7.25. The van der Waals surface area contributed by atoms with Crippen LogP contribution >= 0.6 is 0 Å². The van der Waals surface area contributed by atoms with E-state index in [0.717, 1.165) is 25.9 Å². The highest BCUT2D eigenvalue weighted by Gasteiger charge is 2.17. The van der Waals surface area contributed by atoms with Crippen molar-refractivity contribution in [2.24, 2.45) is 7.05 Å². The van der Waals surface area contributed by atoms with Gasteiger partial charge in [0, 0.05) is 19.4 Å². The summed E-state index contributed by atoms with van der Waals surface area (Å²) >= 11 is 0. The number of hydrogen-bond donors (Lipinski definition) is 1. The van der Waals surface area contributed by atoms with Crippen LogP contribution in [0.5, 0.6) is 0 Å². The lowest BCUT2D eigenvalue weighted by molar-refractivity contribution is -0.0186. The van der Waals surface area contributed by atoms with Crippen LogP contribution in [0.25, 0.3) is 0 Å². The molecular weight excluding hydrogens is 188 g/mol. The van der Waals surface area contributed by atoms with Gasteiger partial charge < -0.3 is 14.6 Å². The number of rotatable bonds is 3. The summed E-state index contributed by atoms with van der Waals surface area (Å²) in [6, 6.07) is 2.13. The minimum atomic E-state index is 0.217. The minimum absolute atomic E-state index is 0.217. The first-order valence-electron chi connectivity index (χ1n) is 5.74. The largest absolute Gasteiger partial charge is 0.370 e. The van der Waals surface area contributed by atoms with Gasteiger partial charge in [0.15, 0.2) is 0 Å². The first kappa shape index (κ1) is 10.7. The van der Waals surface area contributed by atoms with Crippen molar-refractivity contribution in [3.8, 4) is 0 Å². The molecule has 0 bridgehead atoms. The van der Waals surface area contributed by atoms with Crippen LogP contribution in [0.15, 0.2) is 18.5 Å². The summed E-state index contributed by atoms with van der Waals surface area (Å²) in [7, 11) is 2.04. The van der Waals surface area contributed by atoms with Gasteiger partial charge in [0.25, 0.3) is 0 Å². The predicted molar refractivity (Wildman–Crippen MR) is 60.8 cm³/mol. The fraction of sp³-hybridized carbons (Fsp3) is 0.667. The summed E-state index contributed by atoms with van der Waals surface area (Å²) in [6.45, 7) is 4.32. The summed E-state index contributed by atoms with van der Waals surface area (Å²) in [5, 5.41) is 3.35. The smallest absolute Gasteiger partial charge is 0.0815 e. The van der Waals surface area contributed by atoms with Gasteiger partial charge in [-0.05, 0) is 44.5 Å². The Morgan fingerprint density at radius 1 is 1.47 bits per heavy atom. The molecule has 1 aromatic heterocycles. The van der Waals surface area contributed by atoms with E-state index < -0.39 is 0 Å². The van der Waals surface area contributed by atoms with Crippen molar-refractivity contribution in [2.45, 2.75) is 32.0 Å². The molecule has 1 aromatic rings. The van der Waals surface area contributed by atoms with Gasteiger partial charge in [0.05, 0.1) is 12.2 Å². The van der Waals surface area contributed by atoms with Crippen molar-refractivity contribution in [3.05, 3.63) is 24.0 Å².